The lowest BCUT2D eigenvalue weighted by Crippen LogP contribution is -2.24. The first kappa shape index (κ1) is 20.7. The number of ether oxygens (including phenoxy) is 3. The number of aryl methyl sites for hydroxylation is 1. The normalized spacial score (nSPS) is 10.5. The first-order chi connectivity index (χ1) is 13.4. The average molecular weight is 387 g/mol. The van der Waals surface area contributed by atoms with Crippen molar-refractivity contribution in [2.24, 2.45) is 5.10 Å². The van der Waals surface area contributed by atoms with Crippen molar-refractivity contribution in [3.05, 3.63) is 57.6 Å². The highest BCUT2D eigenvalue weighted by Crippen LogP contribution is 2.28. The van der Waals surface area contributed by atoms with Gasteiger partial charge in [-0.15, -0.1) is 0 Å². The largest absolute Gasteiger partial charge is 0.493 e. The number of nitrogens with one attached hydrogen (secondary N) is 1. The highest BCUT2D eigenvalue weighted by Gasteiger charge is 2.16. The van der Waals surface area contributed by atoms with E-state index in [0.717, 1.165) is 5.56 Å². The van der Waals surface area contributed by atoms with Crippen LogP contribution in [0.2, 0.25) is 0 Å². The Kier molecular flexibility index (Phi) is 7.32. The van der Waals surface area contributed by atoms with E-state index in [-0.39, 0.29) is 11.4 Å². The number of hydrogen-bond acceptors (Lipinski definition) is 7. The fourth-order valence-corrected chi connectivity index (χ4v) is 2.29. The second-order valence-corrected chi connectivity index (χ2v) is 5.65. The monoisotopic (exact) mass is 387 g/mol. The minimum Gasteiger partial charge on any atom is -0.493 e. The van der Waals surface area contributed by atoms with Crippen LogP contribution in [-0.4, -0.2) is 37.4 Å². The Hall–Kier alpha value is -3.62. The fourth-order valence-electron chi connectivity index (χ4n) is 2.29. The molecule has 0 atom stereocenters. The molecule has 0 spiro atoms. The summed E-state index contributed by atoms with van der Waals surface area (Å²) in [4.78, 5) is 22.3. The maximum atomic E-state index is 11.9. The van der Waals surface area contributed by atoms with E-state index in [4.69, 9.17) is 14.2 Å². The molecule has 2 rings (SSSR count). The number of carbonyl (C=O) groups is 1. The van der Waals surface area contributed by atoms with E-state index in [1.54, 1.807) is 31.2 Å². The van der Waals surface area contributed by atoms with Gasteiger partial charge in [0, 0.05) is 6.07 Å². The highest BCUT2D eigenvalue weighted by atomic mass is 16.6. The molecule has 0 radical (unpaired) electrons. The van der Waals surface area contributed by atoms with E-state index < -0.39 is 17.4 Å². The van der Waals surface area contributed by atoms with Gasteiger partial charge >= 0.3 is 5.69 Å². The zero-order valence-electron chi connectivity index (χ0n) is 15.8. The van der Waals surface area contributed by atoms with Crippen LogP contribution in [-0.2, 0) is 4.79 Å². The van der Waals surface area contributed by atoms with Crippen LogP contribution < -0.4 is 19.6 Å². The molecule has 0 saturated heterocycles. The predicted molar refractivity (Wildman–Crippen MR) is 103 cm³/mol. The molecule has 0 aliphatic heterocycles. The Morgan fingerprint density at radius 3 is 2.61 bits per heavy atom. The number of benzene rings is 2. The van der Waals surface area contributed by atoms with E-state index in [0.29, 0.717) is 23.7 Å². The van der Waals surface area contributed by atoms with E-state index >= 15 is 0 Å². The third-order valence-corrected chi connectivity index (χ3v) is 3.56. The smallest absolute Gasteiger partial charge is 0.311 e. The van der Waals surface area contributed by atoms with Crippen molar-refractivity contribution >= 4 is 17.8 Å². The third kappa shape index (κ3) is 5.70. The highest BCUT2D eigenvalue weighted by molar-refractivity contribution is 5.83. The molecule has 0 aliphatic rings. The number of nitro groups is 1. The molecule has 2 aromatic carbocycles. The van der Waals surface area contributed by atoms with Gasteiger partial charge < -0.3 is 14.2 Å². The van der Waals surface area contributed by atoms with Crippen LogP contribution in [0.25, 0.3) is 0 Å². The summed E-state index contributed by atoms with van der Waals surface area (Å²) in [6.45, 7) is 3.71. The summed E-state index contributed by atoms with van der Waals surface area (Å²) in [7, 11) is 1.53. The van der Waals surface area contributed by atoms with Gasteiger partial charge in [0.1, 0.15) is 0 Å². The molecule has 0 aliphatic carbocycles. The molecule has 1 amide bonds. The van der Waals surface area contributed by atoms with Crippen LogP contribution in [0.3, 0.4) is 0 Å². The van der Waals surface area contributed by atoms with Crippen molar-refractivity contribution in [3.63, 3.8) is 0 Å². The van der Waals surface area contributed by atoms with Gasteiger partial charge in [-0.2, -0.15) is 5.10 Å². The molecular weight excluding hydrogens is 366 g/mol. The number of hydrogen-bond donors (Lipinski definition) is 1. The summed E-state index contributed by atoms with van der Waals surface area (Å²) in [5.74, 6) is 0.626. The van der Waals surface area contributed by atoms with Gasteiger partial charge in [-0.1, -0.05) is 6.07 Å². The van der Waals surface area contributed by atoms with Gasteiger partial charge in [-0.3, -0.25) is 14.9 Å². The van der Waals surface area contributed by atoms with Gasteiger partial charge in [0.2, 0.25) is 0 Å². The van der Waals surface area contributed by atoms with Crippen LogP contribution in [0, 0.1) is 17.0 Å². The maximum absolute atomic E-state index is 11.9. The molecule has 1 N–H and O–H groups in total. The number of nitro benzene ring substituents is 1. The van der Waals surface area contributed by atoms with Gasteiger partial charge in [0.05, 0.1) is 24.9 Å². The second-order valence-electron chi connectivity index (χ2n) is 5.65. The van der Waals surface area contributed by atoms with Crippen molar-refractivity contribution < 1.29 is 23.9 Å². The van der Waals surface area contributed by atoms with Crippen molar-refractivity contribution in [2.45, 2.75) is 13.8 Å². The summed E-state index contributed by atoms with van der Waals surface area (Å²) in [6, 6.07) is 9.71. The van der Waals surface area contributed by atoms with Crippen LogP contribution in [0.4, 0.5) is 5.69 Å². The first-order valence-corrected chi connectivity index (χ1v) is 8.45. The molecule has 148 valence electrons. The summed E-state index contributed by atoms with van der Waals surface area (Å²) in [5.41, 5.74) is 3.52. The van der Waals surface area contributed by atoms with E-state index in [2.05, 4.69) is 10.5 Å². The molecule has 28 heavy (non-hydrogen) atoms. The standard InChI is InChI=1S/C19H21N3O6/c1-4-27-17-8-6-14(10-18(17)26-3)11-20-21-19(23)12-28-16-7-5-13(2)9-15(16)22(24)25/h5-11H,4,12H2,1-3H3,(H,21,23)/b20-11+. The molecule has 9 nitrogen and oxygen atoms in total. The molecule has 0 heterocycles. The predicted octanol–water partition coefficient (Wildman–Crippen LogP) is 2.84. The Morgan fingerprint density at radius 1 is 1.18 bits per heavy atom. The van der Waals surface area contributed by atoms with Crippen molar-refractivity contribution in [3.8, 4) is 17.2 Å². The number of nitrogens with zero attached hydrogens (tertiary/aromatic N) is 2. The minimum atomic E-state index is -0.558. The van der Waals surface area contributed by atoms with Gasteiger partial charge in [0.25, 0.3) is 5.91 Å². The van der Waals surface area contributed by atoms with Crippen molar-refractivity contribution in [1.29, 1.82) is 0 Å². The molecule has 0 unspecified atom stereocenters. The number of amides is 1. The van der Waals surface area contributed by atoms with E-state index in [1.807, 2.05) is 6.92 Å². The Labute approximate surface area is 162 Å². The number of rotatable bonds is 9. The molecular formula is C19H21N3O6. The SMILES string of the molecule is CCOc1ccc(/C=N/NC(=O)COc2ccc(C)cc2[N+](=O)[O-])cc1OC. The summed E-state index contributed by atoms with van der Waals surface area (Å²) in [6.07, 6.45) is 1.43. The Bertz CT molecular complexity index is 882. The number of methoxy groups -OCH3 is 1. The minimum absolute atomic E-state index is 0.0194. The Balaban J connectivity index is 1.93. The maximum Gasteiger partial charge on any atom is 0.311 e. The van der Waals surface area contributed by atoms with Crippen LogP contribution in [0.15, 0.2) is 41.5 Å². The van der Waals surface area contributed by atoms with Crippen molar-refractivity contribution in [1.82, 2.24) is 5.43 Å². The first-order valence-electron chi connectivity index (χ1n) is 8.45. The lowest BCUT2D eigenvalue weighted by atomic mass is 10.2. The van der Waals surface area contributed by atoms with Crippen LogP contribution >= 0.6 is 0 Å². The van der Waals surface area contributed by atoms with Gasteiger partial charge in [-0.25, -0.2) is 5.43 Å². The number of hydrazone groups is 1. The van der Waals surface area contributed by atoms with E-state index in [9.17, 15) is 14.9 Å². The molecule has 0 aromatic heterocycles. The molecule has 0 saturated carbocycles. The third-order valence-electron chi connectivity index (χ3n) is 3.56. The fraction of sp³-hybridized carbons (Fsp3) is 0.263. The zero-order valence-corrected chi connectivity index (χ0v) is 15.8. The molecule has 9 heteroatoms. The molecule has 0 fully saturated rings. The van der Waals surface area contributed by atoms with E-state index in [1.165, 1.54) is 25.5 Å². The van der Waals surface area contributed by atoms with Crippen LogP contribution in [0.5, 0.6) is 17.2 Å². The lowest BCUT2D eigenvalue weighted by molar-refractivity contribution is -0.385. The number of carbonyl (C=O) groups excluding carboxylic acids is 1. The molecule has 0 bridgehead atoms. The summed E-state index contributed by atoms with van der Waals surface area (Å²) in [5, 5.41) is 14.9. The van der Waals surface area contributed by atoms with Gasteiger partial charge in [-0.05, 0) is 49.2 Å². The Morgan fingerprint density at radius 2 is 1.93 bits per heavy atom. The summed E-state index contributed by atoms with van der Waals surface area (Å²) >= 11 is 0. The van der Waals surface area contributed by atoms with Crippen molar-refractivity contribution in [2.75, 3.05) is 20.3 Å². The lowest BCUT2D eigenvalue weighted by Gasteiger charge is -2.09. The second kappa shape index (κ2) is 9.91. The zero-order chi connectivity index (χ0) is 20.5. The average Bonchev–Trinajstić information content (AvgIpc) is 2.68. The van der Waals surface area contributed by atoms with Gasteiger partial charge in [0.15, 0.2) is 23.9 Å². The molecule has 2 aromatic rings. The quantitative estimate of drug-likeness (QED) is 0.402. The topological polar surface area (TPSA) is 112 Å². The van der Waals surface area contributed by atoms with Crippen LogP contribution in [0.1, 0.15) is 18.1 Å². The summed E-state index contributed by atoms with van der Waals surface area (Å²) < 4.78 is 15.9.